The van der Waals surface area contributed by atoms with Gasteiger partial charge in [0.2, 0.25) is 5.91 Å². The topological polar surface area (TPSA) is 46.3 Å². The summed E-state index contributed by atoms with van der Waals surface area (Å²) >= 11 is 0. The van der Waals surface area contributed by atoms with Crippen molar-refractivity contribution < 1.29 is 4.79 Å². The van der Waals surface area contributed by atoms with Crippen LogP contribution in [0.25, 0.3) is 0 Å². The van der Waals surface area contributed by atoms with Crippen molar-refractivity contribution in [2.45, 2.75) is 39.2 Å². The first-order valence-corrected chi connectivity index (χ1v) is 7.06. The third-order valence-electron chi connectivity index (χ3n) is 4.14. The van der Waals surface area contributed by atoms with E-state index in [9.17, 15) is 4.79 Å². The standard InChI is InChI=1S/C16H24N2O.ClH/c1-16(2)12-18(11-10-14(16)17)15(19)9-8-13-6-4-3-5-7-13;/h3-7,14H,8-12,17H2,1-2H3;1H. The van der Waals surface area contributed by atoms with Crippen LogP contribution in [0.2, 0.25) is 0 Å². The molecule has 1 aromatic rings. The Balaban J connectivity index is 0.00000200. The van der Waals surface area contributed by atoms with Gasteiger partial charge in [-0.3, -0.25) is 4.79 Å². The molecule has 1 saturated heterocycles. The molecular weight excluding hydrogens is 272 g/mol. The van der Waals surface area contributed by atoms with Gasteiger partial charge in [-0.2, -0.15) is 0 Å². The normalized spacial score (nSPS) is 21.1. The lowest BCUT2D eigenvalue weighted by Crippen LogP contribution is -2.54. The lowest BCUT2D eigenvalue weighted by atomic mass is 9.79. The largest absolute Gasteiger partial charge is 0.342 e. The van der Waals surface area contributed by atoms with Crippen molar-refractivity contribution >= 4 is 18.3 Å². The summed E-state index contributed by atoms with van der Waals surface area (Å²) in [7, 11) is 0. The Bertz CT molecular complexity index is 433. The number of rotatable bonds is 3. The first-order chi connectivity index (χ1) is 8.99. The number of nitrogens with zero attached hydrogens (tertiary/aromatic N) is 1. The van der Waals surface area contributed by atoms with Crippen molar-refractivity contribution in [2.75, 3.05) is 13.1 Å². The maximum absolute atomic E-state index is 12.3. The minimum Gasteiger partial charge on any atom is -0.342 e. The molecule has 20 heavy (non-hydrogen) atoms. The maximum Gasteiger partial charge on any atom is 0.222 e. The molecule has 0 aliphatic carbocycles. The van der Waals surface area contributed by atoms with Crippen molar-refractivity contribution in [3.63, 3.8) is 0 Å². The molecule has 0 bridgehead atoms. The van der Waals surface area contributed by atoms with Gasteiger partial charge in [0.15, 0.2) is 0 Å². The molecule has 0 spiro atoms. The lowest BCUT2D eigenvalue weighted by molar-refractivity contribution is -0.134. The third kappa shape index (κ3) is 4.22. The van der Waals surface area contributed by atoms with Crippen LogP contribution in [-0.2, 0) is 11.2 Å². The number of halogens is 1. The average molecular weight is 297 g/mol. The number of aryl methyl sites for hydroxylation is 1. The highest BCUT2D eigenvalue weighted by atomic mass is 35.5. The van der Waals surface area contributed by atoms with Gasteiger partial charge in [0.1, 0.15) is 0 Å². The van der Waals surface area contributed by atoms with Gasteiger partial charge in [-0.25, -0.2) is 0 Å². The molecule has 112 valence electrons. The van der Waals surface area contributed by atoms with E-state index in [4.69, 9.17) is 5.73 Å². The Morgan fingerprint density at radius 3 is 2.60 bits per heavy atom. The van der Waals surface area contributed by atoms with Crippen molar-refractivity contribution in [1.29, 1.82) is 0 Å². The fourth-order valence-corrected chi connectivity index (χ4v) is 2.64. The van der Waals surface area contributed by atoms with Crippen LogP contribution in [0, 0.1) is 5.41 Å². The first-order valence-electron chi connectivity index (χ1n) is 7.06. The summed E-state index contributed by atoms with van der Waals surface area (Å²) in [4.78, 5) is 14.2. The summed E-state index contributed by atoms with van der Waals surface area (Å²) in [5, 5.41) is 0. The van der Waals surface area contributed by atoms with Crippen molar-refractivity contribution in [1.82, 2.24) is 4.90 Å². The van der Waals surface area contributed by atoms with Crippen LogP contribution in [0.5, 0.6) is 0 Å². The molecule has 1 unspecified atom stereocenters. The Labute approximate surface area is 127 Å². The molecule has 3 nitrogen and oxygen atoms in total. The van der Waals surface area contributed by atoms with Gasteiger partial charge >= 0.3 is 0 Å². The van der Waals surface area contributed by atoms with Crippen LogP contribution in [0.1, 0.15) is 32.3 Å². The van der Waals surface area contributed by atoms with E-state index in [0.717, 1.165) is 25.9 Å². The Morgan fingerprint density at radius 2 is 2.00 bits per heavy atom. The van der Waals surface area contributed by atoms with Gasteiger partial charge < -0.3 is 10.6 Å². The van der Waals surface area contributed by atoms with Crippen LogP contribution in [0.15, 0.2) is 30.3 Å². The van der Waals surface area contributed by atoms with Crippen LogP contribution >= 0.6 is 12.4 Å². The number of carbonyl (C=O) groups is 1. The molecule has 4 heteroatoms. The molecule has 1 fully saturated rings. The van der Waals surface area contributed by atoms with Crippen molar-refractivity contribution in [3.05, 3.63) is 35.9 Å². The molecule has 1 aliphatic heterocycles. The van der Waals surface area contributed by atoms with Gasteiger partial charge in [0.25, 0.3) is 0 Å². The Hall–Kier alpha value is -1.06. The molecule has 0 aromatic heterocycles. The van der Waals surface area contributed by atoms with E-state index in [1.54, 1.807) is 0 Å². The number of piperidine rings is 1. The number of hydrogen-bond acceptors (Lipinski definition) is 2. The van der Waals surface area contributed by atoms with Gasteiger partial charge in [0.05, 0.1) is 0 Å². The van der Waals surface area contributed by atoms with E-state index in [2.05, 4.69) is 26.0 Å². The predicted octanol–water partition coefficient (Wildman–Crippen LogP) is 2.63. The summed E-state index contributed by atoms with van der Waals surface area (Å²) in [6.07, 6.45) is 2.32. The Morgan fingerprint density at radius 1 is 1.35 bits per heavy atom. The van der Waals surface area contributed by atoms with Gasteiger partial charge in [-0.1, -0.05) is 44.2 Å². The van der Waals surface area contributed by atoms with E-state index in [1.807, 2.05) is 23.1 Å². The molecule has 2 N–H and O–H groups in total. The van der Waals surface area contributed by atoms with E-state index in [1.165, 1.54) is 5.56 Å². The second-order valence-electron chi connectivity index (χ2n) is 6.18. The SMILES string of the molecule is CC1(C)CN(C(=O)CCc2ccccc2)CCC1N.Cl. The lowest BCUT2D eigenvalue weighted by Gasteiger charge is -2.42. The number of amides is 1. The van der Waals surface area contributed by atoms with Gasteiger partial charge in [-0.15, -0.1) is 12.4 Å². The van der Waals surface area contributed by atoms with Crippen LogP contribution in [0.3, 0.4) is 0 Å². The summed E-state index contributed by atoms with van der Waals surface area (Å²) in [5.74, 6) is 0.254. The second kappa shape index (κ2) is 7.09. The van der Waals surface area contributed by atoms with Gasteiger partial charge in [-0.05, 0) is 23.8 Å². The zero-order valence-corrected chi connectivity index (χ0v) is 13.2. The van der Waals surface area contributed by atoms with E-state index in [-0.39, 0.29) is 29.8 Å². The van der Waals surface area contributed by atoms with E-state index < -0.39 is 0 Å². The molecule has 0 saturated carbocycles. The van der Waals surface area contributed by atoms with E-state index >= 15 is 0 Å². The summed E-state index contributed by atoms with van der Waals surface area (Å²) < 4.78 is 0. The maximum atomic E-state index is 12.3. The van der Waals surface area contributed by atoms with Crippen molar-refractivity contribution in [2.24, 2.45) is 11.1 Å². The monoisotopic (exact) mass is 296 g/mol. The smallest absolute Gasteiger partial charge is 0.222 e. The Kier molecular flexibility index (Phi) is 6.03. The molecule has 1 atom stereocenters. The quantitative estimate of drug-likeness (QED) is 0.932. The highest BCUT2D eigenvalue weighted by Gasteiger charge is 2.34. The fourth-order valence-electron chi connectivity index (χ4n) is 2.64. The summed E-state index contributed by atoms with van der Waals surface area (Å²) in [6.45, 7) is 5.88. The molecular formula is C16H25ClN2O. The number of nitrogens with two attached hydrogens (primary N) is 1. The second-order valence-corrected chi connectivity index (χ2v) is 6.18. The zero-order valence-electron chi connectivity index (χ0n) is 12.3. The third-order valence-corrected chi connectivity index (χ3v) is 4.14. The van der Waals surface area contributed by atoms with Gasteiger partial charge in [0, 0.05) is 25.6 Å². The number of carbonyl (C=O) groups excluding carboxylic acids is 1. The molecule has 1 amide bonds. The minimum absolute atomic E-state index is 0. The number of hydrogen-bond donors (Lipinski definition) is 1. The summed E-state index contributed by atoms with van der Waals surface area (Å²) in [6, 6.07) is 10.4. The van der Waals surface area contributed by atoms with Crippen LogP contribution in [-0.4, -0.2) is 29.9 Å². The highest BCUT2D eigenvalue weighted by Crippen LogP contribution is 2.28. The predicted molar refractivity (Wildman–Crippen MR) is 85.0 cm³/mol. The fraction of sp³-hybridized carbons (Fsp3) is 0.562. The molecule has 0 radical (unpaired) electrons. The average Bonchev–Trinajstić information content (AvgIpc) is 2.40. The van der Waals surface area contributed by atoms with Crippen molar-refractivity contribution in [3.8, 4) is 0 Å². The zero-order chi connectivity index (χ0) is 13.9. The van der Waals surface area contributed by atoms with Crippen LogP contribution < -0.4 is 5.73 Å². The highest BCUT2D eigenvalue weighted by molar-refractivity contribution is 5.85. The van der Waals surface area contributed by atoms with E-state index in [0.29, 0.717) is 6.42 Å². The molecule has 1 aliphatic rings. The molecule has 1 aromatic carbocycles. The number of likely N-dealkylation sites (tertiary alicyclic amines) is 1. The summed E-state index contributed by atoms with van der Waals surface area (Å²) in [5.41, 5.74) is 7.36. The van der Waals surface area contributed by atoms with Crippen LogP contribution in [0.4, 0.5) is 0 Å². The number of benzene rings is 1. The molecule has 2 rings (SSSR count). The first kappa shape index (κ1) is 17.0. The minimum atomic E-state index is 0. The molecule has 1 heterocycles.